The second-order valence-corrected chi connectivity index (χ2v) is 9.55. The summed E-state index contributed by atoms with van der Waals surface area (Å²) in [5.41, 5.74) is 7.66. The van der Waals surface area contributed by atoms with Crippen LogP contribution in [-0.4, -0.2) is 53.2 Å². The molecule has 35 heavy (non-hydrogen) atoms. The van der Waals surface area contributed by atoms with E-state index in [1.165, 1.54) is 0 Å². The molecular weight excluding hydrogens is 446 g/mol. The molecule has 2 aliphatic rings. The molecule has 2 aromatic carbocycles. The molecule has 3 atom stereocenters. The number of piperidine rings is 1. The summed E-state index contributed by atoms with van der Waals surface area (Å²) >= 11 is 0. The van der Waals surface area contributed by atoms with E-state index in [4.69, 9.17) is 15.0 Å². The van der Waals surface area contributed by atoms with Gasteiger partial charge in [0.1, 0.15) is 11.7 Å². The van der Waals surface area contributed by atoms with Crippen LogP contribution in [0.2, 0.25) is 0 Å². The van der Waals surface area contributed by atoms with Gasteiger partial charge in [-0.1, -0.05) is 23.4 Å². The summed E-state index contributed by atoms with van der Waals surface area (Å²) in [4.78, 5) is 33.9. The molecular formula is C26H29N5O4. The van der Waals surface area contributed by atoms with Crippen LogP contribution in [0.15, 0.2) is 53.1 Å². The predicted molar refractivity (Wildman–Crippen MR) is 130 cm³/mol. The molecule has 2 N–H and O–H groups in total. The zero-order chi connectivity index (χ0) is 24.7. The lowest BCUT2D eigenvalue weighted by Crippen LogP contribution is -2.64. The summed E-state index contributed by atoms with van der Waals surface area (Å²) in [5, 5.41) is 4.10. The van der Waals surface area contributed by atoms with E-state index in [1.54, 1.807) is 4.90 Å². The fourth-order valence-corrected chi connectivity index (χ4v) is 5.15. The number of rotatable bonds is 7. The number of fused-ring (bicyclic) bond motifs is 4. The van der Waals surface area contributed by atoms with Crippen molar-refractivity contribution in [3.05, 3.63) is 60.0 Å². The molecule has 0 radical (unpaired) electrons. The lowest BCUT2D eigenvalue weighted by Gasteiger charge is -2.52. The summed E-state index contributed by atoms with van der Waals surface area (Å²) in [6.45, 7) is 2.27. The Balaban J connectivity index is 1.29. The average molecular weight is 476 g/mol. The molecule has 2 aliphatic heterocycles. The number of hydrogen-bond donors (Lipinski definition) is 1. The highest BCUT2D eigenvalue weighted by atomic mass is 16.5. The summed E-state index contributed by atoms with van der Waals surface area (Å²) < 4.78 is 11.7. The van der Waals surface area contributed by atoms with Crippen molar-refractivity contribution in [2.75, 3.05) is 25.5 Å². The van der Waals surface area contributed by atoms with Crippen LogP contribution in [0, 0.1) is 5.92 Å². The lowest BCUT2D eigenvalue weighted by molar-refractivity contribution is -0.175. The van der Waals surface area contributed by atoms with Gasteiger partial charge in [-0.15, -0.1) is 0 Å². The van der Waals surface area contributed by atoms with Crippen molar-refractivity contribution in [1.82, 2.24) is 15.0 Å². The molecule has 2 bridgehead atoms. The summed E-state index contributed by atoms with van der Waals surface area (Å²) in [5.74, 6) is -0.391. The Hall–Kier alpha value is -3.88. The van der Waals surface area contributed by atoms with Crippen LogP contribution in [0.1, 0.15) is 37.1 Å². The van der Waals surface area contributed by atoms with E-state index in [2.05, 4.69) is 10.1 Å². The van der Waals surface area contributed by atoms with Gasteiger partial charge in [0, 0.05) is 50.7 Å². The minimum Gasteiger partial charge on any atom is -0.468 e. The lowest BCUT2D eigenvalue weighted by atomic mass is 9.73. The van der Waals surface area contributed by atoms with Gasteiger partial charge in [-0.2, -0.15) is 4.98 Å². The number of primary amides is 1. The Morgan fingerprint density at radius 3 is 2.66 bits per heavy atom. The third-order valence-corrected chi connectivity index (χ3v) is 6.94. The van der Waals surface area contributed by atoms with Crippen LogP contribution in [0.3, 0.4) is 0 Å². The summed E-state index contributed by atoms with van der Waals surface area (Å²) in [7, 11) is 3.97. The Labute approximate surface area is 203 Å². The minimum absolute atomic E-state index is 0.288. The average Bonchev–Trinajstić information content (AvgIpc) is 3.30. The van der Waals surface area contributed by atoms with E-state index in [9.17, 15) is 9.59 Å². The molecule has 0 saturated carbocycles. The van der Waals surface area contributed by atoms with Crippen molar-refractivity contribution >= 4 is 17.5 Å². The molecule has 1 aromatic heterocycles. The molecule has 0 aliphatic carbocycles. The maximum Gasteiger partial charge on any atom is 0.238 e. The van der Waals surface area contributed by atoms with Gasteiger partial charge in [0.2, 0.25) is 23.5 Å². The highest BCUT2D eigenvalue weighted by molar-refractivity contribution is 6.01. The maximum atomic E-state index is 13.4. The zero-order valence-corrected chi connectivity index (χ0v) is 20.1. The Morgan fingerprint density at radius 2 is 1.94 bits per heavy atom. The number of anilines is 1. The van der Waals surface area contributed by atoms with E-state index in [-0.39, 0.29) is 11.8 Å². The zero-order valence-electron chi connectivity index (χ0n) is 20.1. The number of likely N-dealkylation sites (tertiary alicyclic amines) is 1. The summed E-state index contributed by atoms with van der Waals surface area (Å²) in [6.07, 6.45) is 1.57. The van der Waals surface area contributed by atoms with Crippen molar-refractivity contribution in [3.8, 4) is 17.1 Å². The molecule has 1 saturated heterocycles. The van der Waals surface area contributed by atoms with Gasteiger partial charge < -0.3 is 24.8 Å². The maximum absolute atomic E-state index is 13.4. The van der Waals surface area contributed by atoms with Crippen LogP contribution >= 0.6 is 0 Å². The van der Waals surface area contributed by atoms with Crippen molar-refractivity contribution in [1.29, 1.82) is 0 Å². The van der Waals surface area contributed by atoms with Gasteiger partial charge in [0.15, 0.2) is 5.72 Å². The van der Waals surface area contributed by atoms with E-state index < -0.39 is 17.6 Å². The molecule has 3 aromatic rings. The van der Waals surface area contributed by atoms with Gasteiger partial charge in [0.25, 0.3) is 0 Å². The second-order valence-electron chi connectivity index (χ2n) is 9.55. The van der Waals surface area contributed by atoms with Crippen LogP contribution in [-0.2, 0) is 16.0 Å². The largest absolute Gasteiger partial charge is 0.468 e. The highest BCUT2D eigenvalue weighted by Crippen LogP contribution is 2.50. The SMILES string of the molecule is CN(C)c1ccc(-c2noc(CCCN3C(=O)[C@H](C(N)=O)[C@H]4C[C@@]3(C)Oc3ccccc34)n2)cc1. The molecule has 2 amide bonds. The number of amides is 2. The van der Waals surface area contributed by atoms with Crippen molar-refractivity contribution in [2.24, 2.45) is 11.7 Å². The first-order chi connectivity index (χ1) is 16.8. The van der Waals surface area contributed by atoms with Gasteiger partial charge >= 0.3 is 0 Å². The molecule has 0 spiro atoms. The number of benzene rings is 2. The number of carbonyl (C=O) groups excluding carboxylic acids is 2. The number of nitrogens with two attached hydrogens (primary N) is 1. The van der Waals surface area contributed by atoms with E-state index in [1.807, 2.05) is 74.4 Å². The fraction of sp³-hybridized carbons (Fsp3) is 0.385. The first-order valence-electron chi connectivity index (χ1n) is 11.8. The number of hydrogen-bond acceptors (Lipinski definition) is 7. The number of aromatic nitrogens is 2. The second kappa shape index (κ2) is 8.72. The summed E-state index contributed by atoms with van der Waals surface area (Å²) in [6, 6.07) is 15.4. The van der Waals surface area contributed by atoms with Crippen molar-refractivity contribution in [3.63, 3.8) is 0 Å². The predicted octanol–water partition coefficient (Wildman–Crippen LogP) is 2.96. The van der Waals surface area contributed by atoms with Gasteiger partial charge in [0.05, 0.1) is 0 Å². The van der Waals surface area contributed by atoms with E-state index in [0.717, 1.165) is 16.8 Å². The molecule has 9 nitrogen and oxygen atoms in total. The highest BCUT2D eigenvalue weighted by Gasteiger charge is 2.55. The normalized spacial score (nSPS) is 22.9. The van der Waals surface area contributed by atoms with Gasteiger partial charge in [-0.25, -0.2) is 0 Å². The Morgan fingerprint density at radius 1 is 1.20 bits per heavy atom. The van der Waals surface area contributed by atoms with Crippen LogP contribution < -0.4 is 15.4 Å². The van der Waals surface area contributed by atoms with E-state index in [0.29, 0.717) is 43.3 Å². The number of aryl methyl sites for hydroxylation is 1. The first-order valence-corrected chi connectivity index (χ1v) is 11.8. The fourth-order valence-electron chi connectivity index (χ4n) is 5.15. The number of para-hydroxylation sites is 1. The van der Waals surface area contributed by atoms with E-state index >= 15 is 0 Å². The van der Waals surface area contributed by atoms with Crippen molar-refractivity contribution in [2.45, 2.75) is 37.8 Å². The van der Waals surface area contributed by atoms with Crippen LogP contribution in [0.25, 0.3) is 11.4 Å². The first kappa shape index (κ1) is 22.9. The van der Waals surface area contributed by atoms with Crippen LogP contribution in [0.4, 0.5) is 5.69 Å². The Kier molecular flexibility index (Phi) is 5.70. The topological polar surface area (TPSA) is 115 Å². The van der Waals surface area contributed by atoms with Crippen LogP contribution in [0.5, 0.6) is 5.75 Å². The number of ether oxygens (including phenoxy) is 1. The number of nitrogens with zero attached hydrogens (tertiary/aromatic N) is 4. The molecule has 5 rings (SSSR count). The standard InChI is InChI=1S/C26H29N5O4/c1-26-15-19(18-7-4-5-8-20(18)34-26)22(23(27)32)25(33)31(26)14-6-9-21-28-24(29-35-21)16-10-12-17(13-11-16)30(2)3/h4-5,7-8,10-13,19,22H,6,9,14-15H2,1-3H3,(H2,27,32)/t19-,22-,26+/m0/s1. The Bertz CT molecular complexity index is 1250. The van der Waals surface area contributed by atoms with Gasteiger partial charge in [-0.05, 0) is 49.2 Å². The molecule has 0 unspecified atom stereocenters. The monoisotopic (exact) mass is 475 g/mol. The van der Waals surface area contributed by atoms with Gasteiger partial charge in [-0.3, -0.25) is 9.59 Å². The smallest absolute Gasteiger partial charge is 0.238 e. The molecule has 9 heteroatoms. The third-order valence-electron chi connectivity index (χ3n) is 6.94. The molecule has 1 fully saturated rings. The minimum atomic E-state index is -0.909. The number of carbonyl (C=O) groups is 2. The molecule has 182 valence electrons. The third kappa shape index (κ3) is 4.11. The quantitative estimate of drug-likeness (QED) is 0.523. The molecule has 3 heterocycles. The van der Waals surface area contributed by atoms with Crippen molar-refractivity contribution < 1.29 is 18.8 Å².